The molecule has 3 rings (SSSR count). The molecule has 0 radical (unpaired) electrons. The summed E-state index contributed by atoms with van der Waals surface area (Å²) in [5.74, 6) is -1.05. The monoisotopic (exact) mass is 345 g/mol. The van der Waals surface area contributed by atoms with Crippen molar-refractivity contribution >= 4 is 22.6 Å². The van der Waals surface area contributed by atoms with E-state index in [-0.39, 0.29) is 5.56 Å². The lowest BCUT2D eigenvalue weighted by atomic mass is 10.0. The van der Waals surface area contributed by atoms with Gasteiger partial charge in [0.15, 0.2) is 0 Å². The SMILES string of the molecule is CCc1cc(C#N)cc2c(NCc3ccc(C)cc3)c(C(=O)O)cnc12. The van der Waals surface area contributed by atoms with Crippen molar-refractivity contribution in [2.45, 2.75) is 26.8 Å². The van der Waals surface area contributed by atoms with E-state index < -0.39 is 5.97 Å². The summed E-state index contributed by atoms with van der Waals surface area (Å²) in [6.07, 6.45) is 2.09. The Morgan fingerprint density at radius 2 is 2.00 bits per heavy atom. The van der Waals surface area contributed by atoms with Crippen LogP contribution in [0, 0.1) is 18.3 Å². The van der Waals surface area contributed by atoms with Gasteiger partial charge in [-0.15, -0.1) is 0 Å². The fraction of sp³-hybridized carbons (Fsp3) is 0.190. The molecule has 0 saturated carbocycles. The molecule has 3 aromatic rings. The second-order valence-electron chi connectivity index (χ2n) is 6.19. The number of nitrogens with zero attached hydrogens (tertiary/aromatic N) is 2. The molecule has 0 atom stereocenters. The van der Waals surface area contributed by atoms with Gasteiger partial charge in [-0.1, -0.05) is 36.8 Å². The maximum Gasteiger partial charge on any atom is 0.339 e. The van der Waals surface area contributed by atoms with E-state index >= 15 is 0 Å². The highest BCUT2D eigenvalue weighted by Gasteiger charge is 2.17. The molecular formula is C21H19N3O2. The van der Waals surface area contributed by atoms with Gasteiger partial charge in [0.1, 0.15) is 5.56 Å². The molecule has 0 aliphatic heterocycles. The number of anilines is 1. The number of nitriles is 1. The minimum absolute atomic E-state index is 0.0988. The average molecular weight is 345 g/mol. The van der Waals surface area contributed by atoms with E-state index in [0.717, 1.165) is 16.6 Å². The first-order chi connectivity index (χ1) is 12.5. The van der Waals surface area contributed by atoms with E-state index in [1.165, 1.54) is 11.8 Å². The van der Waals surface area contributed by atoms with Crippen LogP contribution in [0.1, 0.15) is 39.5 Å². The predicted molar refractivity (Wildman–Crippen MR) is 101 cm³/mol. The molecule has 0 aliphatic rings. The lowest BCUT2D eigenvalue weighted by molar-refractivity contribution is 0.0697. The van der Waals surface area contributed by atoms with Crippen molar-refractivity contribution in [2.24, 2.45) is 0 Å². The number of hydrogen-bond acceptors (Lipinski definition) is 4. The molecule has 0 aliphatic carbocycles. The van der Waals surface area contributed by atoms with Crippen molar-refractivity contribution in [1.29, 1.82) is 5.26 Å². The van der Waals surface area contributed by atoms with Gasteiger partial charge in [0.25, 0.3) is 0 Å². The van der Waals surface area contributed by atoms with Gasteiger partial charge < -0.3 is 10.4 Å². The maximum absolute atomic E-state index is 11.7. The second-order valence-corrected chi connectivity index (χ2v) is 6.19. The molecule has 2 aromatic carbocycles. The number of benzene rings is 2. The smallest absolute Gasteiger partial charge is 0.339 e. The van der Waals surface area contributed by atoms with Crippen LogP contribution in [0.3, 0.4) is 0 Å². The van der Waals surface area contributed by atoms with Crippen LogP contribution >= 0.6 is 0 Å². The summed E-state index contributed by atoms with van der Waals surface area (Å²) in [7, 11) is 0. The fourth-order valence-corrected chi connectivity index (χ4v) is 2.96. The zero-order chi connectivity index (χ0) is 18.7. The minimum Gasteiger partial charge on any atom is -0.478 e. The van der Waals surface area contributed by atoms with E-state index in [2.05, 4.69) is 16.4 Å². The molecule has 0 amide bonds. The topological polar surface area (TPSA) is 86.0 Å². The minimum atomic E-state index is -1.05. The number of carboxylic acids is 1. The van der Waals surface area contributed by atoms with E-state index in [9.17, 15) is 15.2 Å². The Morgan fingerprint density at radius 1 is 1.27 bits per heavy atom. The quantitative estimate of drug-likeness (QED) is 0.720. The van der Waals surface area contributed by atoms with Crippen molar-refractivity contribution < 1.29 is 9.90 Å². The third kappa shape index (κ3) is 3.35. The lowest BCUT2D eigenvalue weighted by Gasteiger charge is -2.15. The molecule has 0 bridgehead atoms. The molecule has 0 saturated heterocycles. The van der Waals surface area contributed by atoms with Crippen LogP contribution in [0.25, 0.3) is 10.9 Å². The number of carboxylic acid groups (broad SMARTS) is 1. The van der Waals surface area contributed by atoms with Gasteiger partial charge in [0.2, 0.25) is 0 Å². The lowest BCUT2D eigenvalue weighted by Crippen LogP contribution is -2.09. The number of fused-ring (bicyclic) bond motifs is 1. The summed E-state index contributed by atoms with van der Waals surface area (Å²) in [5.41, 5.74) is 4.95. The van der Waals surface area contributed by atoms with Gasteiger partial charge in [-0.2, -0.15) is 5.26 Å². The molecule has 0 unspecified atom stereocenters. The molecule has 26 heavy (non-hydrogen) atoms. The highest BCUT2D eigenvalue weighted by Crippen LogP contribution is 2.30. The number of carbonyl (C=O) groups is 1. The number of aromatic nitrogens is 1. The number of aryl methyl sites for hydroxylation is 2. The van der Waals surface area contributed by atoms with Gasteiger partial charge in [-0.3, -0.25) is 4.98 Å². The van der Waals surface area contributed by atoms with Crippen LogP contribution in [0.2, 0.25) is 0 Å². The molecule has 0 spiro atoms. The van der Waals surface area contributed by atoms with Gasteiger partial charge in [0.05, 0.1) is 22.8 Å². The first kappa shape index (κ1) is 17.4. The Kier molecular flexibility index (Phi) is 4.85. The molecular weight excluding hydrogens is 326 g/mol. The Balaban J connectivity index is 2.13. The Hall–Kier alpha value is -3.39. The molecule has 130 valence electrons. The largest absolute Gasteiger partial charge is 0.478 e. The fourth-order valence-electron chi connectivity index (χ4n) is 2.96. The predicted octanol–water partition coefficient (Wildman–Crippen LogP) is 4.29. The van der Waals surface area contributed by atoms with Crippen LogP contribution in [-0.4, -0.2) is 16.1 Å². The number of hydrogen-bond donors (Lipinski definition) is 2. The van der Waals surface area contributed by atoms with Crippen LogP contribution < -0.4 is 5.32 Å². The van der Waals surface area contributed by atoms with Gasteiger partial charge in [0, 0.05) is 18.1 Å². The van der Waals surface area contributed by atoms with Crippen LogP contribution in [0.15, 0.2) is 42.6 Å². The molecule has 5 heteroatoms. The van der Waals surface area contributed by atoms with Crippen molar-refractivity contribution in [2.75, 3.05) is 5.32 Å². The van der Waals surface area contributed by atoms with Crippen molar-refractivity contribution in [3.63, 3.8) is 0 Å². The summed E-state index contributed by atoms with van der Waals surface area (Å²) in [4.78, 5) is 16.0. The summed E-state index contributed by atoms with van der Waals surface area (Å²) < 4.78 is 0. The molecule has 5 nitrogen and oxygen atoms in total. The van der Waals surface area contributed by atoms with Gasteiger partial charge in [-0.05, 0) is 36.6 Å². The van der Waals surface area contributed by atoms with Gasteiger partial charge in [-0.25, -0.2) is 4.79 Å². The average Bonchev–Trinajstić information content (AvgIpc) is 2.66. The van der Waals surface area contributed by atoms with E-state index in [1.54, 1.807) is 12.1 Å². The van der Waals surface area contributed by atoms with Crippen LogP contribution in [0.4, 0.5) is 5.69 Å². The number of rotatable bonds is 5. The standard InChI is InChI=1S/C21H19N3O2/c1-3-16-8-15(10-22)9-17-19(16)24-12-18(21(25)26)20(17)23-11-14-6-4-13(2)5-7-14/h4-9,12H,3,11H2,1-2H3,(H,23,24)(H,25,26). The van der Waals surface area contributed by atoms with Crippen LogP contribution in [-0.2, 0) is 13.0 Å². The molecule has 0 fully saturated rings. The number of nitrogens with one attached hydrogen (secondary N) is 1. The van der Waals surface area contributed by atoms with Crippen molar-refractivity contribution in [3.05, 3.63) is 70.4 Å². The number of pyridine rings is 1. The third-order valence-corrected chi connectivity index (χ3v) is 4.38. The first-order valence-electron chi connectivity index (χ1n) is 8.42. The molecule has 2 N–H and O–H groups in total. The highest BCUT2D eigenvalue weighted by atomic mass is 16.4. The van der Waals surface area contributed by atoms with Crippen molar-refractivity contribution in [1.82, 2.24) is 4.98 Å². The Labute approximate surface area is 151 Å². The molecule has 1 aromatic heterocycles. The molecule has 1 heterocycles. The van der Waals surface area contributed by atoms with E-state index in [1.807, 2.05) is 38.1 Å². The van der Waals surface area contributed by atoms with Crippen LogP contribution in [0.5, 0.6) is 0 Å². The second kappa shape index (κ2) is 7.24. The summed E-state index contributed by atoms with van der Waals surface area (Å²) in [6, 6.07) is 13.7. The first-order valence-corrected chi connectivity index (χ1v) is 8.42. The zero-order valence-corrected chi connectivity index (χ0v) is 14.7. The zero-order valence-electron chi connectivity index (χ0n) is 14.7. The highest BCUT2D eigenvalue weighted by molar-refractivity contribution is 6.05. The Bertz CT molecular complexity index is 1020. The van der Waals surface area contributed by atoms with Crippen molar-refractivity contribution in [3.8, 4) is 6.07 Å². The summed E-state index contributed by atoms with van der Waals surface area (Å²) in [6.45, 7) is 4.49. The van der Waals surface area contributed by atoms with E-state index in [0.29, 0.717) is 29.6 Å². The van der Waals surface area contributed by atoms with E-state index in [4.69, 9.17) is 0 Å². The third-order valence-electron chi connectivity index (χ3n) is 4.38. The van der Waals surface area contributed by atoms with Gasteiger partial charge >= 0.3 is 5.97 Å². The summed E-state index contributed by atoms with van der Waals surface area (Å²) in [5, 5.41) is 22.8. The number of aromatic carboxylic acids is 1. The maximum atomic E-state index is 11.7. The summed E-state index contributed by atoms with van der Waals surface area (Å²) >= 11 is 0. The Morgan fingerprint density at radius 3 is 2.62 bits per heavy atom. The normalized spacial score (nSPS) is 10.5.